The first-order valence-corrected chi connectivity index (χ1v) is 8.90. The molecule has 27 heavy (non-hydrogen) atoms. The smallest absolute Gasteiger partial charge is 0.341 e. The summed E-state index contributed by atoms with van der Waals surface area (Å²) in [6.07, 6.45) is 5.53. The van der Waals surface area contributed by atoms with Crippen LogP contribution < -0.4 is 5.56 Å². The maximum Gasteiger partial charge on any atom is 0.341 e. The molecule has 6 heteroatoms. The topological polar surface area (TPSA) is 87.5 Å². The number of nitrogens with one attached hydrogen (secondary N) is 1. The Labute approximate surface area is 154 Å². The van der Waals surface area contributed by atoms with Crippen LogP contribution in [0.5, 0.6) is 0 Å². The van der Waals surface area contributed by atoms with Crippen LogP contribution in [-0.2, 0) is 0 Å². The SMILES string of the molecule is Cc1c(-c2ccc3[nH]ncc3c2)ccn2c(=O)c(C(=O)O)cc(C3CC3)c12. The van der Waals surface area contributed by atoms with Crippen molar-refractivity contribution in [1.29, 1.82) is 0 Å². The zero-order valence-electron chi connectivity index (χ0n) is 14.7. The molecule has 1 saturated carbocycles. The minimum absolute atomic E-state index is 0.165. The molecule has 0 spiro atoms. The third-order valence-corrected chi connectivity index (χ3v) is 5.41. The van der Waals surface area contributed by atoms with Crippen LogP contribution in [0.15, 0.2) is 47.5 Å². The molecule has 0 bridgehead atoms. The average molecular weight is 359 g/mol. The average Bonchev–Trinajstić information content (AvgIpc) is 3.39. The van der Waals surface area contributed by atoms with Gasteiger partial charge in [-0.1, -0.05) is 6.07 Å². The van der Waals surface area contributed by atoms with Crippen LogP contribution in [0.4, 0.5) is 0 Å². The number of rotatable bonds is 3. The van der Waals surface area contributed by atoms with Crippen LogP contribution in [-0.4, -0.2) is 25.7 Å². The van der Waals surface area contributed by atoms with E-state index < -0.39 is 11.5 Å². The monoisotopic (exact) mass is 359 g/mol. The van der Waals surface area contributed by atoms with Gasteiger partial charge in [0.15, 0.2) is 0 Å². The van der Waals surface area contributed by atoms with Crippen molar-refractivity contribution in [2.45, 2.75) is 25.7 Å². The zero-order valence-corrected chi connectivity index (χ0v) is 14.7. The van der Waals surface area contributed by atoms with Gasteiger partial charge < -0.3 is 5.11 Å². The lowest BCUT2D eigenvalue weighted by molar-refractivity contribution is 0.0694. The van der Waals surface area contributed by atoms with Gasteiger partial charge in [0.25, 0.3) is 5.56 Å². The minimum Gasteiger partial charge on any atom is -0.477 e. The van der Waals surface area contributed by atoms with Crippen LogP contribution in [0.1, 0.15) is 40.2 Å². The second-order valence-electron chi connectivity index (χ2n) is 7.14. The van der Waals surface area contributed by atoms with Gasteiger partial charge in [0.1, 0.15) is 5.56 Å². The van der Waals surface area contributed by atoms with Crippen molar-refractivity contribution >= 4 is 22.4 Å². The Morgan fingerprint density at radius 1 is 1.26 bits per heavy atom. The summed E-state index contributed by atoms with van der Waals surface area (Å²) >= 11 is 0. The minimum atomic E-state index is -1.18. The highest BCUT2D eigenvalue weighted by molar-refractivity contribution is 5.90. The number of fused-ring (bicyclic) bond motifs is 2. The molecule has 0 atom stereocenters. The normalized spacial score (nSPS) is 14.1. The van der Waals surface area contributed by atoms with E-state index in [0.29, 0.717) is 5.92 Å². The predicted molar refractivity (Wildman–Crippen MR) is 102 cm³/mol. The summed E-state index contributed by atoms with van der Waals surface area (Å²) in [4.78, 5) is 24.2. The van der Waals surface area contributed by atoms with Crippen molar-refractivity contribution in [1.82, 2.24) is 14.6 Å². The molecule has 1 aliphatic rings. The molecule has 0 unspecified atom stereocenters. The number of carbonyl (C=O) groups is 1. The van der Waals surface area contributed by atoms with Gasteiger partial charge in [-0.2, -0.15) is 5.10 Å². The zero-order chi connectivity index (χ0) is 18.7. The Balaban J connectivity index is 1.82. The second-order valence-corrected chi connectivity index (χ2v) is 7.14. The summed E-state index contributed by atoms with van der Waals surface area (Å²) in [7, 11) is 0. The number of H-pyrrole nitrogens is 1. The number of benzene rings is 1. The van der Waals surface area contributed by atoms with Crippen LogP contribution in [0.25, 0.3) is 27.5 Å². The Bertz CT molecular complexity index is 1300. The van der Waals surface area contributed by atoms with Gasteiger partial charge in [-0.25, -0.2) is 4.79 Å². The molecule has 134 valence electrons. The summed E-state index contributed by atoms with van der Waals surface area (Å²) in [6, 6.07) is 9.54. The van der Waals surface area contributed by atoms with Crippen molar-refractivity contribution in [3.63, 3.8) is 0 Å². The van der Waals surface area contributed by atoms with Crippen molar-refractivity contribution in [3.05, 3.63) is 69.8 Å². The molecule has 1 aliphatic carbocycles. The number of pyridine rings is 2. The van der Waals surface area contributed by atoms with Crippen molar-refractivity contribution in [3.8, 4) is 11.1 Å². The van der Waals surface area contributed by atoms with E-state index in [9.17, 15) is 14.7 Å². The number of carboxylic acids is 1. The number of carboxylic acid groups (broad SMARTS) is 1. The fraction of sp³-hybridized carbons (Fsp3) is 0.190. The number of aromatic amines is 1. The molecule has 1 aromatic carbocycles. The fourth-order valence-corrected chi connectivity index (χ4v) is 3.88. The Hall–Kier alpha value is -3.41. The van der Waals surface area contributed by atoms with Gasteiger partial charge in [-0.3, -0.25) is 14.3 Å². The maximum atomic E-state index is 12.7. The number of hydrogen-bond donors (Lipinski definition) is 2. The van der Waals surface area contributed by atoms with Crippen LogP contribution in [0.2, 0.25) is 0 Å². The molecular formula is C21H17N3O3. The van der Waals surface area contributed by atoms with E-state index >= 15 is 0 Å². The highest BCUT2D eigenvalue weighted by Gasteiger charge is 2.29. The number of aryl methyl sites for hydroxylation is 1. The Kier molecular flexibility index (Phi) is 3.25. The summed E-state index contributed by atoms with van der Waals surface area (Å²) in [5, 5.41) is 17.4. The van der Waals surface area contributed by atoms with E-state index in [1.807, 2.05) is 25.1 Å². The van der Waals surface area contributed by atoms with E-state index in [0.717, 1.165) is 51.5 Å². The van der Waals surface area contributed by atoms with Crippen molar-refractivity contribution in [2.75, 3.05) is 0 Å². The predicted octanol–water partition coefficient (Wildman–Crippen LogP) is 3.73. The summed E-state index contributed by atoms with van der Waals surface area (Å²) in [5.41, 5.74) is 5.16. The number of hydrogen-bond acceptors (Lipinski definition) is 3. The first-order chi connectivity index (χ1) is 13.0. The van der Waals surface area contributed by atoms with Crippen LogP contribution >= 0.6 is 0 Å². The third kappa shape index (κ3) is 2.37. The lowest BCUT2D eigenvalue weighted by atomic mass is 9.96. The van der Waals surface area contributed by atoms with Gasteiger partial charge in [-0.15, -0.1) is 0 Å². The first-order valence-electron chi connectivity index (χ1n) is 8.90. The molecular weight excluding hydrogens is 342 g/mol. The van der Waals surface area contributed by atoms with Gasteiger partial charge in [0.05, 0.1) is 17.2 Å². The largest absolute Gasteiger partial charge is 0.477 e. The molecule has 2 N–H and O–H groups in total. The summed E-state index contributed by atoms with van der Waals surface area (Å²) < 4.78 is 1.49. The fourth-order valence-electron chi connectivity index (χ4n) is 3.88. The molecule has 5 rings (SSSR count). The van der Waals surface area contributed by atoms with Crippen molar-refractivity contribution in [2.24, 2.45) is 0 Å². The molecule has 0 saturated heterocycles. The van der Waals surface area contributed by atoms with E-state index in [1.54, 1.807) is 18.5 Å². The van der Waals surface area contributed by atoms with E-state index in [1.165, 1.54) is 4.40 Å². The molecule has 6 nitrogen and oxygen atoms in total. The molecule has 3 aromatic heterocycles. The molecule has 0 radical (unpaired) electrons. The lowest BCUT2D eigenvalue weighted by Gasteiger charge is -2.15. The molecule has 3 heterocycles. The highest BCUT2D eigenvalue weighted by atomic mass is 16.4. The van der Waals surface area contributed by atoms with Gasteiger partial charge >= 0.3 is 5.97 Å². The summed E-state index contributed by atoms with van der Waals surface area (Å²) in [6.45, 7) is 2.00. The van der Waals surface area contributed by atoms with Crippen LogP contribution in [0.3, 0.4) is 0 Å². The lowest BCUT2D eigenvalue weighted by Crippen LogP contribution is -2.23. The van der Waals surface area contributed by atoms with E-state index in [4.69, 9.17) is 0 Å². The van der Waals surface area contributed by atoms with Gasteiger partial charge in [0, 0.05) is 11.6 Å². The molecule has 4 aromatic rings. The second kappa shape index (κ2) is 5.54. The quantitative estimate of drug-likeness (QED) is 0.583. The standard InChI is InChI=1S/C21H17N3O3/c1-11-15(13-4-5-18-14(8-13)10-22-23-18)6-7-24-19(11)16(12-2-3-12)9-17(20(24)25)21(26)27/h4-10,12H,2-3H2,1H3,(H,22,23)(H,26,27). The molecule has 0 aliphatic heterocycles. The van der Waals surface area contributed by atoms with Crippen molar-refractivity contribution < 1.29 is 9.90 Å². The van der Waals surface area contributed by atoms with Gasteiger partial charge in [0.2, 0.25) is 0 Å². The Morgan fingerprint density at radius 2 is 2.07 bits per heavy atom. The molecule has 1 fully saturated rings. The summed E-state index contributed by atoms with van der Waals surface area (Å²) in [5.74, 6) is -0.854. The third-order valence-electron chi connectivity index (χ3n) is 5.41. The number of aromatic carboxylic acids is 1. The molecule has 0 amide bonds. The number of aromatic nitrogens is 3. The Morgan fingerprint density at radius 3 is 2.81 bits per heavy atom. The van der Waals surface area contributed by atoms with E-state index in [-0.39, 0.29) is 5.56 Å². The van der Waals surface area contributed by atoms with E-state index in [2.05, 4.69) is 16.3 Å². The van der Waals surface area contributed by atoms with Gasteiger partial charge in [-0.05, 0) is 72.2 Å². The van der Waals surface area contributed by atoms with Crippen LogP contribution in [0, 0.1) is 6.92 Å². The number of nitrogens with zero attached hydrogens (tertiary/aromatic N) is 2. The highest BCUT2D eigenvalue weighted by Crippen LogP contribution is 2.43. The maximum absolute atomic E-state index is 12.7. The first kappa shape index (κ1) is 15.8.